The largest absolute Gasteiger partial charge is 0.363 e. The molecular formula is C17H17NO3. The van der Waals surface area contributed by atoms with E-state index in [0.717, 1.165) is 16.2 Å². The minimum atomic E-state index is -0.562. The number of carbonyl (C=O) groups is 2. The molecule has 4 nitrogen and oxygen atoms in total. The Balaban J connectivity index is 2.33. The van der Waals surface area contributed by atoms with Crippen LogP contribution >= 0.6 is 0 Å². The van der Waals surface area contributed by atoms with E-state index in [1.165, 1.54) is 6.92 Å². The molecule has 0 bridgehead atoms. The smallest absolute Gasteiger partial charge is 0.328 e. The number of hydrogen-bond donors (Lipinski definition) is 0. The van der Waals surface area contributed by atoms with Crippen LogP contribution in [0.2, 0.25) is 0 Å². The van der Waals surface area contributed by atoms with Gasteiger partial charge in [0.05, 0.1) is 11.3 Å². The Morgan fingerprint density at radius 3 is 2.00 bits per heavy atom. The van der Waals surface area contributed by atoms with Gasteiger partial charge in [-0.2, -0.15) is 0 Å². The van der Waals surface area contributed by atoms with Gasteiger partial charge in [-0.25, -0.2) is 4.79 Å². The molecular weight excluding hydrogens is 266 g/mol. The third kappa shape index (κ3) is 3.28. The number of carbonyl (C=O) groups excluding carboxylic acids is 2. The number of benzene rings is 2. The maximum atomic E-state index is 12.1. The Kier molecular flexibility index (Phi) is 4.38. The molecule has 0 aromatic heterocycles. The predicted molar refractivity (Wildman–Crippen MR) is 80.9 cm³/mol. The van der Waals surface area contributed by atoms with E-state index in [2.05, 4.69) is 0 Å². The van der Waals surface area contributed by atoms with Crippen LogP contribution in [0.5, 0.6) is 0 Å². The van der Waals surface area contributed by atoms with Crippen LogP contribution in [0.15, 0.2) is 48.5 Å². The summed E-state index contributed by atoms with van der Waals surface area (Å²) in [5.41, 5.74) is 2.74. The van der Waals surface area contributed by atoms with Crippen LogP contribution in [-0.4, -0.2) is 11.9 Å². The summed E-state index contributed by atoms with van der Waals surface area (Å²) in [5.74, 6) is -0.912. The second kappa shape index (κ2) is 6.22. The van der Waals surface area contributed by atoms with Gasteiger partial charge in [0.1, 0.15) is 0 Å². The van der Waals surface area contributed by atoms with Gasteiger partial charge < -0.3 is 4.84 Å². The van der Waals surface area contributed by atoms with E-state index in [-0.39, 0.29) is 5.91 Å². The summed E-state index contributed by atoms with van der Waals surface area (Å²) in [4.78, 5) is 29.3. The number of hydroxylamine groups is 1. The Bertz CT molecular complexity index is 645. The van der Waals surface area contributed by atoms with E-state index in [9.17, 15) is 9.59 Å². The van der Waals surface area contributed by atoms with Crippen molar-refractivity contribution in [3.05, 3.63) is 65.2 Å². The Hall–Kier alpha value is -2.62. The minimum Gasteiger partial charge on any atom is -0.328 e. The molecule has 0 aliphatic carbocycles. The fourth-order valence-corrected chi connectivity index (χ4v) is 2.10. The number of rotatable bonds is 2. The molecule has 4 heteroatoms. The van der Waals surface area contributed by atoms with E-state index in [1.54, 1.807) is 24.3 Å². The second-order valence-electron chi connectivity index (χ2n) is 4.80. The zero-order valence-corrected chi connectivity index (χ0v) is 12.3. The highest BCUT2D eigenvalue weighted by Gasteiger charge is 2.21. The summed E-state index contributed by atoms with van der Waals surface area (Å²) in [5, 5.41) is 1.06. The third-order valence-electron chi connectivity index (χ3n) is 3.11. The van der Waals surface area contributed by atoms with Crippen LogP contribution < -0.4 is 5.06 Å². The van der Waals surface area contributed by atoms with Crippen molar-refractivity contribution in [2.75, 3.05) is 5.06 Å². The maximum absolute atomic E-state index is 12.1. The van der Waals surface area contributed by atoms with E-state index in [0.29, 0.717) is 11.3 Å². The van der Waals surface area contributed by atoms with Crippen LogP contribution in [0.4, 0.5) is 5.69 Å². The maximum Gasteiger partial charge on any atom is 0.363 e. The van der Waals surface area contributed by atoms with Gasteiger partial charge in [0.2, 0.25) is 0 Å². The lowest BCUT2D eigenvalue weighted by Crippen LogP contribution is -2.32. The molecule has 0 aliphatic heterocycles. The van der Waals surface area contributed by atoms with Gasteiger partial charge in [0, 0.05) is 6.92 Å². The molecule has 0 unspecified atom stereocenters. The van der Waals surface area contributed by atoms with Crippen molar-refractivity contribution < 1.29 is 14.4 Å². The van der Waals surface area contributed by atoms with Crippen molar-refractivity contribution in [2.45, 2.75) is 20.8 Å². The molecule has 2 aromatic rings. The number of amides is 1. The molecule has 0 saturated heterocycles. The van der Waals surface area contributed by atoms with Crippen molar-refractivity contribution in [1.29, 1.82) is 0 Å². The molecule has 0 saturated carbocycles. The summed E-state index contributed by atoms with van der Waals surface area (Å²) in [6.45, 7) is 5.10. The lowest BCUT2D eigenvalue weighted by molar-refractivity contribution is -0.122. The summed E-state index contributed by atoms with van der Waals surface area (Å²) >= 11 is 0. The fourth-order valence-electron chi connectivity index (χ4n) is 2.10. The lowest BCUT2D eigenvalue weighted by atomic mass is 10.1. The van der Waals surface area contributed by atoms with Crippen molar-refractivity contribution >= 4 is 17.6 Å². The molecule has 0 aliphatic rings. The first-order chi connectivity index (χ1) is 10.0. The van der Waals surface area contributed by atoms with E-state index in [4.69, 9.17) is 4.84 Å². The molecule has 0 radical (unpaired) electrons. The van der Waals surface area contributed by atoms with Gasteiger partial charge in [-0.3, -0.25) is 4.79 Å². The minimum absolute atomic E-state index is 0.350. The highest BCUT2D eigenvalue weighted by atomic mass is 16.7. The van der Waals surface area contributed by atoms with Crippen molar-refractivity contribution in [3.8, 4) is 0 Å². The van der Waals surface area contributed by atoms with Crippen LogP contribution in [0.3, 0.4) is 0 Å². The summed E-state index contributed by atoms with van der Waals surface area (Å²) in [6.07, 6.45) is 0. The first-order valence-corrected chi connectivity index (χ1v) is 6.65. The number of anilines is 1. The SMILES string of the molecule is CC(=O)N(OC(=O)c1ccccc1)c1c(C)cccc1C. The van der Waals surface area contributed by atoms with Gasteiger partial charge in [-0.15, -0.1) is 5.06 Å². The zero-order chi connectivity index (χ0) is 15.4. The summed E-state index contributed by atoms with van der Waals surface area (Å²) in [6, 6.07) is 14.2. The molecule has 21 heavy (non-hydrogen) atoms. The second-order valence-corrected chi connectivity index (χ2v) is 4.80. The molecule has 2 rings (SSSR count). The first-order valence-electron chi connectivity index (χ1n) is 6.65. The summed E-state index contributed by atoms with van der Waals surface area (Å²) < 4.78 is 0. The molecule has 1 amide bonds. The average molecular weight is 283 g/mol. The van der Waals surface area contributed by atoms with E-state index in [1.807, 2.05) is 38.1 Å². The Morgan fingerprint density at radius 1 is 0.905 bits per heavy atom. The molecule has 0 N–H and O–H groups in total. The van der Waals surface area contributed by atoms with Gasteiger partial charge in [0.15, 0.2) is 0 Å². The highest BCUT2D eigenvalue weighted by Crippen LogP contribution is 2.25. The van der Waals surface area contributed by atoms with Crippen LogP contribution in [0.1, 0.15) is 28.4 Å². The molecule has 0 atom stereocenters. The Morgan fingerprint density at radius 2 is 1.48 bits per heavy atom. The number of nitrogens with zero attached hydrogens (tertiary/aromatic N) is 1. The average Bonchev–Trinajstić information content (AvgIpc) is 2.46. The normalized spacial score (nSPS) is 10.0. The van der Waals surface area contributed by atoms with Crippen molar-refractivity contribution in [1.82, 2.24) is 0 Å². The summed E-state index contributed by atoms with van der Waals surface area (Å²) in [7, 11) is 0. The molecule has 108 valence electrons. The number of para-hydroxylation sites is 1. The van der Waals surface area contributed by atoms with Gasteiger partial charge in [-0.05, 0) is 37.1 Å². The standard InChI is InChI=1S/C17H17NO3/c1-12-8-7-9-13(2)16(12)18(14(3)19)21-17(20)15-10-5-4-6-11-15/h4-11H,1-3H3. The zero-order valence-electron chi connectivity index (χ0n) is 12.3. The van der Waals surface area contributed by atoms with Crippen LogP contribution in [0.25, 0.3) is 0 Å². The van der Waals surface area contributed by atoms with E-state index < -0.39 is 5.97 Å². The van der Waals surface area contributed by atoms with Gasteiger partial charge in [0.25, 0.3) is 5.91 Å². The molecule has 2 aromatic carbocycles. The van der Waals surface area contributed by atoms with Gasteiger partial charge in [-0.1, -0.05) is 36.4 Å². The molecule has 0 heterocycles. The topological polar surface area (TPSA) is 46.6 Å². The highest BCUT2D eigenvalue weighted by molar-refractivity contribution is 5.97. The van der Waals surface area contributed by atoms with Gasteiger partial charge >= 0.3 is 5.97 Å². The van der Waals surface area contributed by atoms with E-state index >= 15 is 0 Å². The van der Waals surface area contributed by atoms with Crippen molar-refractivity contribution in [3.63, 3.8) is 0 Å². The van der Waals surface area contributed by atoms with Crippen LogP contribution in [-0.2, 0) is 9.63 Å². The Labute approximate surface area is 123 Å². The lowest BCUT2D eigenvalue weighted by Gasteiger charge is -2.23. The van der Waals surface area contributed by atoms with Crippen molar-refractivity contribution in [2.24, 2.45) is 0 Å². The van der Waals surface area contributed by atoms with Crippen LogP contribution in [0, 0.1) is 13.8 Å². The molecule has 0 fully saturated rings. The number of aryl methyl sites for hydroxylation is 2. The molecule has 0 spiro atoms. The fraction of sp³-hybridized carbons (Fsp3) is 0.176. The monoisotopic (exact) mass is 283 g/mol. The predicted octanol–water partition coefficient (Wildman–Crippen LogP) is 3.43. The quantitative estimate of drug-likeness (QED) is 0.793. The first kappa shape index (κ1) is 14.8. The number of hydrogen-bond acceptors (Lipinski definition) is 3. The third-order valence-corrected chi connectivity index (χ3v) is 3.11.